The summed E-state index contributed by atoms with van der Waals surface area (Å²) in [7, 11) is 0. The number of hydrogen-bond donors (Lipinski definition) is 2. The second-order valence-electron chi connectivity index (χ2n) is 5.56. The van der Waals surface area contributed by atoms with Crippen molar-refractivity contribution >= 4 is 23.6 Å². The van der Waals surface area contributed by atoms with Gasteiger partial charge in [0.2, 0.25) is 5.91 Å². The highest BCUT2D eigenvalue weighted by molar-refractivity contribution is 7.99. The van der Waals surface area contributed by atoms with Gasteiger partial charge in [0.05, 0.1) is 18.7 Å². The average Bonchev–Trinajstić information content (AvgIpc) is 2.38. The summed E-state index contributed by atoms with van der Waals surface area (Å²) in [6.45, 7) is 0.491. The number of nitrogens with zero attached hydrogens (tertiary/aromatic N) is 1. The van der Waals surface area contributed by atoms with E-state index in [0.29, 0.717) is 6.61 Å². The zero-order chi connectivity index (χ0) is 14.6. The van der Waals surface area contributed by atoms with Crippen LogP contribution in [0.3, 0.4) is 0 Å². The molecule has 1 unspecified atom stereocenters. The lowest BCUT2D eigenvalue weighted by Gasteiger charge is -2.46. The van der Waals surface area contributed by atoms with Crippen LogP contribution in [-0.2, 0) is 14.3 Å². The highest BCUT2D eigenvalue weighted by atomic mass is 32.2. The van der Waals surface area contributed by atoms with E-state index in [9.17, 15) is 9.59 Å². The van der Waals surface area contributed by atoms with Crippen LogP contribution in [0.4, 0.5) is 0 Å². The van der Waals surface area contributed by atoms with Crippen molar-refractivity contribution in [3.63, 3.8) is 0 Å². The van der Waals surface area contributed by atoms with Crippen LogP contribution in [0.2, 0.25) is 0 Å². The number of ether oxygens (including phenoxy) is 1. The van der Waals surface area contributed by atoms with Gasteiger partial charge in [-0.2, -0.15) is 11.8 Å². The highest BCUT2D eigenvalue weighted by Crippen LogP contribution is 2.38. The van der Waals surface area contributed by atoms with Gasteiger partial charge >= 0.3 is 5.97 Å². The number of primary amides is 1. The van der Waals surface area contributed by atoms with Gasteiger partial charge in [-0.05, 0) is 37.2 Å². The van der Waals surface area contributed by atoms with E-state index in [1.165, 1.54) is 0 Å². The molecule has 2 rings (SSSR count). The Balaban J connectivity index is 2.03. The third-order valence-corrected chi connectivity index (χ3v) is 5.07. The molecule has 0 radical (unpaired) electrons. The van der Waals surface area contributed by atoms with Crippen molar-refractivity contribution in [1.82, 2.24) is 4.90 Å². The van der Waals surface area contributed by atoms with Crippen molar-refractivity contribution in [3.8, 4) is 0 Å². The molecule has 3 N–H and O–H groups in total. The summed E-state index contributed by atoms with van der Waals surface area (Å²) in [6.07, 6.45) is 3.57. The van der Waals surface area contributed by atoms with Gasteiger partial charge in [-0.1, -0.05) is 0 Å². The Morgan fingerprint density at radius 1 is 1.35 bits per heavy atom. The molecule has 0 aromatic rings. The maximum Gasteiger partial charge on any atom is 0.317 e. The molecule has 6 nitrogen and oxygen atoms in total. The number of aliphatic carboxylic acids is 1. The number of carbonyl (C=O) groups is 2. The van der Waals surface area contributed by atoms with E-state index in [-0.39, 0.29) is 24.7 Å². The molecule has 2 heterocycles. The molecule has 1 atom stereocenters. The fourth-order valence-corrected chi connectivity index (χ4v) is 4.33. The summed E-state index contributed by atoms with van der Waals surface area (Å²) in [4.78, 5) is 23.8. The second kappa shape index (κ2) is 6.78. The molecule has 2 fully saturated rings. The maximum absolute atomic E-state index is 11.2. The fraction of sp³-hybridized carbons (Fsp3) is 0.846. The topological polar surface area (TPSA) is 92.9 Å². The molecule has 0 aromatic heterocycles. The summed E-state index contributed by atoms with van der Waals surface area (Å²) in [5.41, 5.74) is 5.12. The first-order valence-corrected chi connectivity index (χ1v) is 8.12. The molecule has 2 aliphatic rings. The minimum Gasteiger partial charge on any atom is -0.480 e. The van der Waals surface area contributed by atoms with E-state index in [1.807, 2.05) is 11.8 Å². The number of carboxylic acid groups (broad SMARTS) is 1. The lowest BCUT2D eigenvalue weighted by molar-refractivity contribution is -0.144. The smallest absolute Gasteiger partial charge is 0.317 e. The van der Waals surface area contributed by atoms with Gasteiger partial charge in [0.25, 0.3) is 0 Å². The number of hydrogen-bond acceptors (Lipinski definition) is 5. The lowest BCUT2D eigenvalue weighted by atomic mass is 9.85. The Morgan fingerprint density at radius 3 is 2.65 bits per heavy atom. The monoisotopic (exact) mass is 302 g/mol. The molecule has 1 spiro atoms. The maximum atomic E-state index is 11.2. The van der Waals surface area contributed by atoms with Crippen LogP contribution >= 0.6 is 11.8 Å². The van der Waals surface area contributed by atoms with E-state index >= 15 is 0 Å². The van der Waals surface area contributed by atoms with Crippen LogP contribution in [0, 0.1) is 0 Å². The van der Waals surface area contributed by atoms with Crippen LogP contribution in [0.15, 0.2) is 0 Å². The normalized spacial score (nSPS) is 25.8. The van der Waals surface area contributed by atoms with Crippen LogP contribution < -0.4 is 5.73 Å². The first-order valence-electron chi connectivity index (χ1n) is 6.97. The highest BCUT2D eigenvalue weighted by Gasteiger charge is 2.40. The third kappa shape index (κ3) is 4.10. The van der Waals surface area contributed by atoms with E-state index in [0.717, 1.165) is 37.2 Å². The molecule has 7 heteroatoms. The van der Waals surface area contributed by atoms with E-state index in [2.05, 4.69) is 0 Å². The zero-order valence-corrected chi connectivity index (χ0v) is 12.4. The number of nitrogens with two attached hydrogens (primary N) is 1. The standard InChI is InChI=1S/C13H22N2O4S/c14-11(16)8-15(9-12(17)18)10-1-4-19-13(7-10)2-5-20-6-3-13/h10H,1-9H2,(H2,14,16)(H,17,18). The minimum atomic E-state index is -0.925. The van der Waals surface area contributed by atoms with Crippen molar-refractivity contribution in [1.29, 1.82) is 0 Å². The van der Waals surface area contributed by atoms with Gasteiger partial charge in [0, 0.05) is 12.6 Å². The van der Waals surface area contributed by atoms with Gasteiger partial charge in [0.15, 0.2) is 0 Å². The molecular weight excluding hydrogens is 280 g/mol. The molecule has 114 valence electrons. The fourth-order valence-electron chi connectivity index (χ4n) is 3.09. The van der Waals surface area contributed by atoms with Gasteiger partial charge in [-0.15, -0.1) is 0 Å². The van der Waals surface area contributed by atoms with Crippen molar-refractivity contribution in [2.75, 3.05) is 31.2 Å². The molecule has 2 saturated heterocycles. The molecule has 20 heavy (non-hydrogen) atoms. The number of amides is 1. The zero-order valence-electron chi connectivity index (χ0n) is 11.5. The summed E-state index contributed by atoms with van der Waals surface area (Å²) in [5.74, 6) is 0.764. The minimum absolute atomic E-state index is 0.00178. The van der Waals surface area contributed by atoms with Crippen LogP contribution in [0.1, 0.15) is 25.7 Å². The first-order chi connectivity index (χ1) is 9.51. The van der Waals surface area contributed by atoms with Crippen molar-refractivity contribution in [2.45, 2.75) is 37.3 Å². The molecule has 0 bridgehead atoms. The Labute approximate surface area is 123 Å². The number of thioether (sulfide) groups is 1. The van der Waals surface area contributed by atoms with Crippen molar-refractivity contribution in [3.05, 3.63) is 0 Å². The number of rotatable bonds is 5. The molecular formula is C13H22N2O4S. The van der Waals surface area contributed by atoms with E-state index in [4.69, 9.17) is 15.6 Å². The Bertz CT molecular complexity index is 350. The molecule has 0 saturated carbocycles. The Morgan fingerprint density at radius 2 is 2.05 bits per heavy atom. The summed E-state index contributed by atoms with van der Waals surface area (Å²) in [5, 5.41) is 9.00. The van der Waals surface area contributed by atoms with Crippen molar-refractivity contribution < 1.29 is 19.4 Å². The van der Waals surface area contributed by atoms with Gasteiger partial charge < -0.3 is 15.6 Å². The first kappa shape index (κ1) is 15.6. The predicted molar refractivity (Wildman–Crippen MR) is 76.7 cm³/mol. The predicted octanol–water partition coefficient (Wildman–Crippen LogP) is 0.303. The van der Waals surface area contributed by atoms with Crippen LogP contribution in [0.25, 0.3) is 0 Å². The van der Waals surface area contributed by atoms with Crippen molar-refractivity contribution in [2.24, 2.45) is 5.73 Å². The summed E-state index contributed by atoms with van der Waals surface area (Å²) >= 11 is 1.93. The largest absolute Gasteiger partial charge is 0.480 e. The van der Waals surface area contributed by atoms with Gasteiger partial charge in [0.1, 0.15) is 0 Å². The molecule has 0 aliphatic carbocycles. The third-order valence-electron chi connectivity index (χ3n) is 4.08. The second-order valence-corrected chi connectivity index (χ2v) is 6.78. The van der Waals surface area contributed by atoms with Crippen LogP contribution in [0.5, 0.6) is 0 Å². The Hall–Kier alpha value is -0.790. The molecule has 0 aromatic carbocycles. The quantitative estimate of drug-likeness (QED) is 0.759. The lowest BCUT2D eigenvalue weighted by Crippen LogP contribution is -2.53. The SMILES string of the molecule is NC(=O)CN(CC(=O)O)C1CCOC2(CCSCC2)C1. The molecule has 1 amide bonds. The van der Waals surface area contributed by atoms with Gasteiger partial charge in [-0.3, -0.25) is 14.5 Å². The van der Waals surface area contributed by atoms with E-state index in [1.54, 1.807) is 4.90 Å². The number of carboxylic acids is 1. The summed E-state index contributed by atoms with van der Waals surface area (Å²) in [6, 6.07) is 0.0652. The van der Waals surface area contributed by atoms with E-state index < -0.39 is 11.9 Å². The summed E-state index contributed by atoms with van der Waals surface area (Å²) < 4.78 is 5.99. The average molecular weight is 302 g/mol. The van der Waals surface area contributed by atoms with Gasteiger partial charge in [-0.25, -0.2) is 0 Å². The van der Waals surface area contributed by atoms with Crippen LogP contribution in [-0.4, -0.2) is 64.7 Å². The Kier molecular flexibility index (Phi) is 5.29. The molecule has 2 aliphatic heterocycles. The number of carbonyl (C=O) groups excluding carboxylic acids is 1.